The van der Waals surface area contributed by atoms with Crippen LogP contribution in [0.1, 0.15) is 38.2 Å². The SMILES string of the molecule is CC(=O)C[C@@H](C)c1ccc(OC2CCN(c3cccc(Cl)c3)C2)cc1. The summed E-state index contributed by atoms with van der Waals surface area (Å²) in [5.41, 5.74) is 2.32. The van der Waals surface area contributed by atoms with Crippen LogP contribution in [0.2, 0.25) is 5.02 Å². The van der Waals surface area contributed by atoms with E-state index in [4.69, 9.17) is 16.3 Å². The van der Waals surface area contributed by atoms with Crippen molar-refractivity contribution in [1.29, 1.82) is 0 Å². The highest BCUT2D eigenvalue weighted by molar-refractivity contribution is 6.30. The lowest BCUT2D eigenvalue weighted by Gasteiger charge is -2.19. The summed E-state index contributed by atoms with van der Waals surface area (Å²) in [7, 11) is 0. The Hall–Kier alpha value is -2.00. The number of benzene rings is 2. The second kappa shape index (κ2) is 7.92. The zero-order valence-corrected chi connectivity index (χ0v) is 15.5. The summed E-state index contributed by atoms with van der Waals surface area (Å²) in [6.45, 7) is 5.55. The molecule has 1 unspecified atom stereocenters. The van der Waals surface area contributed by atoms with Gasteiger partial charge in [0.15, 0.2) is 0 Å². The molecule has 2 atom stereocenters. The van der Waals surface area contributed by atoms with Gasteiger partial charge in [0.25, 0.3) is 0 Å². The number of anilines is 1. The lowest BCUT2D eigenvalue weighted by Crippen LogP contribution is -2.24. The lowest BCUT2D eigenvalue weighted by atomic mass is 9.96. The van der Waals surface area contributed by atoms with Gasteiger partial charge in [-0.1, -0.05) is 36.7 Å². The molecule has 0 spiro atoms. The molecule has 4 heteroatoms. The minimum atomic E-state index is 0.180. The molecule has 132 valence electrons. The predicted octanol–water partition coefficient (Wildman–Crippen LogP) is 5.08. The average molecular weight is 358 g/mol. The Kier molecular flexibility index (Phi) is 5.64. The van der Waals surface area contributed by atoms with E-state index in [1.54, 1.807) is 6.92 Å². The van der Waals surface area contributed by atoms with Gasteiger partial charge in [-0.25, -0.2) is 0 Å². The number of rotatable bonds is 6. The molecule has 3 nitrogen and oxygen atoms in total. The highest BCUT2D eigenvalue weighted by Gasteiger charge is 2.24. The third-order valence-electron chi connectivity index (χ3n) is 4.66. The average Bonchev–Trinajstić information content (AvgIpc) is 3.03. The number of carbonyl (C=O) groups is 1. The third kappa shape index (κ3) is 4.76. The summed E-state index contributed by atoms with van der Waals surface area (Å²) in [5.74, 6) is 1.35. The molecule has 3 rings (SSSR count). The van der Waals surface area contributed by atoms with Gasteiger partial charge in [0.2, 0.25) is 0 Å². The summed E-state index contributed by atoms with van der Waals surface area (Å²) < 4.78 is 6.13. The van der Waals surface area contributed by atoms with Crippen LogP contribution in [0.3, 0.4) is 0 Å². The van der Waals surface area contributed by atoms with Crippen molar-refractivity contribution in [3.63, 3.8) is 0 Å². The molecule has 0 amide bonds. The van der Waals surface area contributed by atoms with Crippen LogP contribution in [-0.4, -0.2) is 25.0 Å². The van der Waals surface area contributed by atoms with Crippen molar-refractivity contribution >= 4 is 23.1 Å². The summed E-state index contributed by atoms with van der Waals surface area (Å²) >= 11 is 6.08. The molecule has 1 aliphatic heterocycles. The first kappa shape index (κ1) is 17.8. The summed E-state index contributed by atoms with van der Waals surface area (Å²) in [6.07, 6.45) is 1.76. The molecular weight excluding hydrogens is 334 g/mol. The fourth-order valence-electron chi connectivity index (χ4n) is 3.35. The van der Waals surface area contributed by atoms with Crippen molar-refractivity contribution in [3.8, 4) is 5.75 Å². The van der Waals surface area contributed by atoms with Crippen LogP contribution in [0.4, 0.5) is 5.69 Å². The number of carbonyl (C=O) groups excluding carboxylic acids is 1. The van der Waals surface area contributed by atoms with E-state index >= 15 is 0 Å². The molecular formula is C21H24ClNO2. The van der Waals surface area contributed by atoms with Crippen molar-refractivity contribution in [1.82, 2.24) is 0 Å². The number of halogens is 1. The van der Waals surface area contributed by atoms with Crippen LogP contribution in [-0.2, 0) is 4.79 Å². The zero-order valence-electron chi connectivity index (χ0n) is 14.7. The summed E-state index contributed by atoms with van der Waals surface area (Å²) in [4.78, 5) is 13.6. The Morgan fingerprint density at radius 2 is 2.04 bits per heavy atom. The van der Waals surface area contributed by atoms with Gasteiger partial charge >= 0.3 is 0 Å². The number of ether oxygens (including phenoxy) is 1. The van der Waals surface area contributed by atoms with E-state index in [9.17, 15) is 4.79 Å². The highest BCUT2D eigenvalue weighted by atomic mass is 35.5. The number of hydrogen-bond acceptors (Lipinski definition) is 3. The smallest absolute Gasteiger partial charge is 0.130 e. The fraction of sp³-hybridized carbons (Fsp3) is 0.381. The monoisotopic (exact) mass is 357 g/mol. The van der Waals surface area contributed by atoms with E-state index in [0.29, 0.717) is 6.42 Å². The van der Waals surface area contributed by atoms with E-state index in [-0.39, 0.29) is 17.8 Å². The van der Waals surface area contributed by atoms with Gasteiger partial charge in [-0.05, 0) is 48.7 Å². The van der Waals surface area contributed by atoms with Crippen molar-refractivity contribution in [2.24, 2.45) is 0 Å². The Labute approximate surface area is 154 Å². The first-order chi connectivity index (χ1) is 12.0. The summed E-state index contributed by atoms with van der Waals surface area (Å²) in [5, 5.41) is 0.761. The van der Waals surface area contributed by atoms with Crippen molar-refractivity contribution in [3.05, 3.63) is 59.1 Å². The molecule has 0 N–H and O–H groups in total. The van der Waals surface area contributed by atoms with Gasteiger partial charge in [-0.2, -0.15) is 0 Å². The van der Waals surface area contributed by atoms with E-state index in [1.165, 1.54) is 5.56 Å². The molecule has 0 aliphatic carbocycles. The molecule has 1 heterocycles. The van der Waals surface area contributed by atoms with Crippen LogP contribution in [0, 0.1) is 0 Å². The number of hydrogen-bond donors (Lipinski definition) is 0. The van der Waals surface area contributed by atoms with E-state index < -0.39 is 0 Å². The van der Waals surface area contributed by atoms with E-state index in [2.05, 4.69) is 30.0 Å². The molecule has 25 heavy (non-hydrogen) atoms. The van der Waals surface area contributed by atoms with Gasteiger partial charge in [-0.15, -0.1) is 0 Å². The van der Waals surface area contributed by atoms with Gasteiger partial charge in [0.1, 0.15) is 17.6 Å². The van der Waals surface area contributed by atoms with Crippen LogP contribution in [0.25, 0.3) is 0 Å². The van der Waals surface area contributed by atoms with Crippen LogP contribution >= 0.6 is 11.6 Å². The molecule has 2 aromatic carbocycles. The van der Waals surface area contributed by atoms with Crippen LogP contribution in [0.15, 0.2) is 48.5 Å². The minimum absolute atomic E-state index is 0.180. The zero-order chi connectivity index (χ0) is 17.8. The topological polar surface area (TPSA) is 29.5 Å². The molecule has 1 aliphatic rings. The Bertz CT molecular complexity index is 729. The Morgan fingerprint density at radius 1 is 1.28 bits per heavy atom. The fourth-order valence-corrected chi connectivity index (χ4v) is 3.53. The van der Waals surface area contributed by atoms with Gasteiger partial charge < -0.3 is 14.4 Å². The maximum Gasteiger partial charge on any atom is 0.130 e. The largest absolute Gasteiger partial charge is 0.489 e. The van der Waals surface area contributed by atoms with E-state index in [1.807, 2.05) is 30.3 Å². The minimum Gasteiger partial charge on any atom is -0.489 e. The second-order valence-electron chi connectivity index (χ2n) is 6.83. The number of ketones is 1. The van der Waals surface area contributed by atoms with Gasteiger partial charge in [-0.3, -0.25) is 0 Å². The number of Topliss-reactive ketones (excluding diaryl/α,β-unsaturated/α-hetero) is 1. The highest BCUT2D eigenvalue weighted by Crippen LogP contribution is 2.27. The molecule has 0 saturated carbocycles. The van der Waals surface area contributed by atoms with Crippen molar-refractivity contribution in [2.45, 2.75) is 38.7 Å². The second-order valence-corrected chi connectivity index (χ2v) is 7.27. The van der Waals surface area contributed by atoms with Gasteiger partial charge in [0, 0.05) is 30.1 Å². The molecule has 1 fully saturated rings. The molecule has 0 bridgehead atoms. The predicted molar refractivity (Wildman–Crippen MR) is 103 cm³/mol. The molecule has 0 aromatic heterocycles. The maximum atomic E-state index is 11.3. The van der Waals surface area contributed by atoms with Crippen LogP contribution < -0.4 is 9.64 Å². The normalized spacial score (nSPS) is 18.2. The molecule has 2 aromatic rings. The first-order valence-corrected chi connectivity index (χ1v) is 9.15. The Morgan fingerprint density at radius 3 is 2.72 bits per heavy atom. The maximum absolute atomic E-state index is 11.3. The van der Waals surface area contributed by atoms with Crippen molar-refractivity contribution in [2.75, 3.05) is 18.0 Å². The lowest BCUT2D eigenvalue weighted by molar-refractivity contribution is -0.117. The summed E-state index contributed by atoms with van der Waals surface area (Å²) in [6, 6.07) is 16.1. The standard InChI is InChI=1S/C21H24ClNO2/c1-15(12-16(2)24)17-6-8-20(9-7-17)25-21-10-11-23(14-21)19-5-3-4-18(22)13-19/h3-9,13,15,21H,10-12,14H2,1-2H3/t15-,21?/m1/s1. The van der Waals surface area contributed by atoms with Gasteiger partial charge in [0.05, 0.1) is 6.54 Å². The quantitative estimate of drug-likeness (QED) is 0.722. The van der Waals surface area contributed by atoms with E-state index in [0.717, 1.165) is 36.0 Å². The van der Waals surface area contributed by atoms with Crippen LogP contribution in [0.5, 0.6) is 5.75 Å². The third-order valence-corrected chi connectivity index (χ3v) is 4.90. The Balaban J connectivity index is 1.57. The molecule has 0 radical (unpaired) electrons. The first-order valence-electron chi connectivity index (χ1n) is 8.78. The number of nitrogens with zero attached hydrogens (tertiary/aromatic N) is 1. The van der Waals surface area contributed by atoms with Crippen molar-refractivity contribution < 1.29 is 9.53 Å². The molecule has 1 saturated heterocycles.